The number of likely N-dealkylation sites (tertiary alicyclic amines) is 1. The molecule has 2 aromatic heterocycles. The molecule has 0 aliphatic carbocycles. The maximum atomic E-state index is 14.9. The molecule has 3 N–H and O–H groups in total. The summed E-state index contributed by atoms with van der Waals surface area (Å²) in [5, 5.41) is 14.9. The lowest BCUT2D eigenvalue weighted by molar-refractivity contribution is -0.133. The first kappa shape index (κ1) is 24.7. The standard InChI is InChI=1S/C25H29F2N5O3/c1-13(26)17-6-5-7-18(21(17)27)14(2)28-22-19-12-20(24(34)31-23(19)30-15(3)29-22)25(35)8-10-32(11-9-25)16(4)33/h5-7,12-14,35H,8-11H2,1-4H3,(H2,28,29,30,31,34)/t13?,14-/m1/s1. The van der Waals surface area contributed by atoms with Crippen LogP contribution in [0.2, 0.25) is 0 Å². The van der Waals surface area contributed by atoms with Crippen molar-refractivity contribution in [2.24, 2.45) is 0 Å². The molecule has 3 heterocycles. The molecule has 2 atom stereocenters. The molecule has 8 nitrogen and oxygen atoms in total. The first-order chi connectivity index (χ1) is 16.5. The molecule has 4 rings (SSSR count). The van der Waals surface area contributed by atoms with Crippen molar-refractivity contribution in [3.05, 3.63) is 63.0 Å². The van der Waals surface area contributed by atoms with E-state index in [1.165, 1.54) is 19.9 Å². The third kappa shape index (κ3) is 4.75. The molecule has 0 bridgehead atoms. The number of hydrogen-bond acceptors (Lipinski definition) is 6. The van der Waals surface area contributed by atoms with Gasteiger partial charge in [-0.05, 0) is 39.7 Å². The number of alkyl halides is 1. The molecule has 1 aliphatic heterocycles. The maximum absolute atomic E-state index is 14.9. The van der Waals surface area contributed by atoms with Crippen LogP contribution in [-0.4, -0.2) is 44.0 Å². The number of rotatable bonds is 5. The Morgan fingerprint density at radius 1 is 1.23 bits per heavy atom. The maximum Gasteiger partial charge on any atom is 0.255 e. The lowest BCUT2D eigenvalue weighted by Crippen LogP contribution is -2.46. The first-order valence-electron chi connectivity index (χ1n) is 11.6. The fourth-order valence-corrected chi connectivity index (χ4v) is 4.61. The average molecular weight is 486 g/mol. The van der Waals surface area contributed by atoms with Gasteiger partial charge in [-0.3, -0.25) is 9.59 Å². The number of H-pyrrole nitrogens is 1. The quantitative estimate of drug-likeness (QED) is 0.507. The number of piperidine rings is 1. The Bertz CT molecular complexity index is 1330. The van der Waals surface area contributed by atoms with Crippen LogP contribution in [0.5, 0.6) is 0 Å². The number of carbonyl (C=O) groups is 1. The van der Waals surface area contributed by atoms with E-state index in [0.717, 1.165) is 0 Å². The van der Waals surface area contributed by atoms with Crippen LogP contribution < -0.4 is 10.9 Å². The van der Waals surface area contributed by atoms with Gasteiger partial charge in [-0.1, -0.05) is 18.2 Å². The first-order valence-corrected chi connectivity index (χ1v) is 11.6. The molecule has 1 fully saturated rings. The van der Waals surface area contributed by atoms with Crippen molar-refractivity contribution < 1.29 is 18.7 Å². The molecule has 0 radical (unpaired) electrons. The van der Waals surface area contributed by atoms with Crippen LogP contribution >= 0.6 is 0 Å². The second-order valence-corrected chi connectivity index (χ2v) is 9.16. The van der Waals surface area contributed by atoms with Crippen LogP contribution in [0.1, 0.15) is 68.3 Å². The van der Waals surface area contributed by atoms with Crippen molar-refractivity contribution in [2.45, 2.75) is 58.4 Å². The molecule has 1 amide bonds. The minimum atomic E-state index is -1.45. The molecule has 1 saturated heterocycles. The van der Waals surface area contributed by atoms with Crippen molar-refractivity contribution in [2.75, 3.05) is 18.4 Å². The number of pyridine rings is 1. The zero-order chi connectivity index (χ0) is 25.5. The van der Waals surface area contributed by atoms with Crippen molar-refractivity contribution in [3.8, 4) is 0 Å². The summed E-state index contributed by atoms with van der Waals surface area (Å²) in [7, 11) is 0. The number of halogens is 2. The SMILES string of the molecule is CC(=O)N1CCC(O)(c2cc3c(N[C@H](C)c4cccc(C(C)F)c4F)nc(C)nc3[nH]c2=O)CC1. The van der Waals surface area contributed by atoms with Crippen molar-refractivity contribution in [1.29, 1.82) is 0 Å². The fraction of sp³-hybridized carbons (Fsp3) is 0.440. The molecule has 0 spiro atoms. The number of aromatic amines is 1. The summed E-state index contributed by atoms with van der Waals surface area (Å²) in [4.78, 5) is 37.7. The van der Waals surface area contributed by atoms with E-state index in [4.69, 9.17) is 0 Å². The van der Waals surface area contributed by atoms with E-state index in [2.05, 4.69) is 20.3 Å². The summed E-state index contributed by atoms with van der Waals surface area (Å²) >= 11 is 0. The second-order valence-electron chi connectivity index (χ2n) is 9.16. The highest BCUT2D eigenvalue weighted by atomic mass is 19.1. The number of aliphatic hydroxyl groups is 1. The van der Waals surface area contributed by atoms with Crippen molar-refractivity contribution >= 4 is 22.8 Å². The van der Waals surface area contributed by atoms with Gasteiger partial charge in [0.15, 0.2) is 0 Å². The predicted molar refractivity (Wildman–Crippen MR) is 128 cm³/mol. The van der Waals surface area contributed by atoms with Crippen molar-refractivity contribution in [3.63, 3.8) is 0 Å². The van der Waals surface area contributed by atoms with Gasteiger partial charge in [0.25, 0.3) is 5.56 Å². The van der Waals surface area contributed by atoms with Gasteiger partial charge in [0.1, 0.15) is 29.3 Å². The monoisotopic (exact) mass is 485 g/mol. The molecule has 0 saturated carbocycles. The minimum absolute atomic E-state index is 0.0226. The van der Waals surface area contributed by atoms with E-state index >= 15 is 0 Å². The van der Waals surface area contributed by atoms with Crippen LogP contribution in [0.3, 0.4) is 0 Å². The number of anilines is 1. The van der Waals surface area contributed by atoms with Crippen LogP contribution in [0.25, 0.3) is 11.0 Å². The molecule has 35 heavy (non-hydrogen) atoms. The number of amides is 1. The number of fused-ring (bicyclic) bond motifs is 1. The van der Waals surface area contributed by atoms with Crippen LogP contribution in [0.15, 0.2) is 29.1 Å². The van der Waals surface area contributed by atoms with Crippen LogP contribution in [0.4, 0.5) is 14.6 Å². The van der Waals surface area contributed by atoms with Gasteiger partial charge in [0.2, 0.25) is 5.91 Å². The fourth-order valence-electron chi connectivity index (χ4n) is 4.61. The molecule has 186 valence electrons. The second kappa shape index (κ2) is 9.33. The minimum Gasteiger partial charge on any atom is -0.385 e. The van der Waals surface area contributed by atoms with E-state index in [-0.39, 0.29) is 41.1 Å². The lowest BCUT2D eigenvalue weighted by Gasteiger charge is -2.37. The highest BCUT2D eigenvalue weighted by Gasteiger charge is 2.37. The number of aromatic nitrogens is 3. The van der Waals surface area contributed by atoms with Gasteiger partial charge >= 0.3 is 0 Å². The summed E-state index contributed by atoms with van der Waals surface area (Å²) in [6.45, 7) is 6.81. The van der Waals surface area contributed by atoms with Gasteiger partial charge in [-0.15, -0.1) is 0 Å². The zero-order valence-corrected chi connectivity index (χ0v) is 20.2. The van der Waals surface area contributed by atoms with Gasteiger partial charge in [0.05, 0.1) is 17.0 Å². The lowest BCUT2D eigenvalue weighted by atomic mass is 9.84. The highest BCUT2D eigenvalue weighted by molar-refractivity contribution is 5.87. The normalized spacial score (nSPS) is 17.3. The summed E-state index contributed by atoms with van der Waals surface area (Å²) in [5.74, 6) is 0.0246. The van der Waals surface area contributed by atoms with E-state index in [1.807, 2.05) is 0 Å². The molecule has 10 heteroatoms. The van der Waals surface area contributed by atoms with Crippen LogP contribution in [0, 0.1) is 12.7 Å². The van der Waals surface area contributed by atoms with E-state index in [9.17, 15) is 23.5 Å². The summed E-state index contributed by atoms with van der Waals surface area (Å²) < 4.78 is 28.8. The van der Waals surface area contributed by atoms with Gasteiger partial charge < -0.3 is 20.3 Å². The number of carbonyl (C=O) groups excluding carboxylic acids is 1. The van der Waals surface area contributed by atoms with E-state index < -0.39 is 29.2 Å². The highest BCUT2D eigenvalue weighted by Crippen LogP contribution is 2.34. The van der Waals surface area contributed by atoms with Crippen LogP contribution in [-0.2, 0) is 10.4 Å². The summed E-state index contributed by atoms with van der Waals surface area (Å²) in [5.41, 5.74) is -1.20. The Morgan fingerprint density at radius 2 is 1.89 bits per heavy atom. The Labute approximate surface area is 201 Å². The Hall–Kier alpha value is -3.40. The third-order valence-electron chi connectivity index (χ3n) is 6.67. The number of nitrogens with one attached hydrogen (secondary N) is 2. The predicted octanol–water partition coefficient (Wildman–Crippen LogP) is 3.80. The Morgan fingerprint density at radius 3 is 2.51 bits per heavy atom. The van der Waals surface area contributed by atoms with E-state index in [0.29, 0.717) is 30.1 Å². The Kier molecular flexibility index (Phi) is 6.59. The van der Waals surface area contributed by atoms with Gasteiger partial charge in [-0.2, -0.15) is 0 Å². The molecule has 3 aromatic rings. The summed E-state index contributed by atoms with van der Waals surface area (Å²) in [6.07, 6.45) is -1.02. The largest absolute Gasteiger partial charge is 0.385 e. The number of benzene rings is 1. The number of aryl methyl sites for hydroxylation is 1. The van der Waals surface area contributed by atoms with Crippen molar-refractivity contribution in [1.82, 2.24) is 19.9 Å². The average Bonchev–Trinajstić information content (AvgIpc) is 2.78. The van der Waals surface area contributed by atoms with Gasteiger partial charge in [0, 0.05) is 36.7 Å². The topological polar surface area (TPSA) is 111 Å². The summed E-state index contributed by atoms with van der Waals surface area (Å²) in [6, 6.07) is 5.57. The zero-order valence-electron chi connectivity index (χ0n) is 20.2. The molecule has 1 unspecified atom stereocenters. The van der Waals surface area contributed by atoms with E-state index in [1.54, 1.807) is 36.9 Å². The number of nitrogens with zero attached hydrogens (tertiary/aromatic N) is 3. The Balaban J connectivity index is 1.74. The molecule has 1 aliphatic rings. The molecular weight excluding hydrogens is 456 g/mol. The molecule has 1 aromatic carbocycles. The third-order valence-corrected chi connectivity index (χ3v) is 6.67. The number of hydrogen-bond donors (Lipinski definition) is 3. The smallest absolute Gasteiger partial charge is 0.255 e. The van der Waals surface area contributed by atoms with Gasteiger partial charge in [-0.25, -0.2) is 18.7 Å². The molecular formula is C25H29F2N5O3.